The molecule has 28 heavy (non-hydrogen) atoms. The normalized spacial score (nSPS) is 10.6. The number of nitrogens with two attached hydrogens (primary N) is 1. The average molecular weight is 371 g/mol. The van der Waals surface area contributed by atoms with Gasteiger partial charge in [0.25, 0.3) is 11.8 Å². The molecule has 4 aromatic rings. The number of nitrogens with one attached hydrogen (secondary N) is 1. The predicted molar refractivity (Wildman–Crippen MR) is 106 cm³/mol. The zero-order valence-corrected chi connectivity index (χ0v) is 14.9. The van der Waals surface area contributed by atoms with Gasteiger partial charge in [-0.3, -0.25) is 9.78 Å². The molecule has 0 radical (unpaired) electrons. The lowest BCUT2D eigenvalue weighted by Crippen LogP contribution is -2.13. The highest BCUT2D eigenvalue weighted by atomic mass is 16.5. The lowest BCUT2D eigenvalue weighted by molar-refractivity contribution is 0.102. The van der Waals surface area contributed by atoms with Crippen LogP contribution in [0.2, 0.25) is 0 Å². The second-order valence-corrected chi connectivity index (χ2v) is 6.17. The second kappa shape index (κ2) is 7.71. The number of amides is 1. The third-order valence-corrected chi connectivity index (χ3v) is 4.18. The molecule has 2 aromatic heterocycles. The van der Waals surface area contributed by atoms with E-state index in [9.17, 15) is 4.79 Å². The molecule has 0 saturated heterocycles. The van der Waals surface area contributed by atoms with E-state index in [1.54, 1.807) is 36.7 Å². The van der Waals surface area contributed by atoms with Crippen LogP contribution in [0.5, 0.6) is 0 Å². The summed E-state index contributed by atoms with van der Waals surface area (Å²) in [4.78, 5) is 20.8. The Hall–Kier alpha value is -4.00. The minimum absolute atomic E-state index is 0.219. The van der Waals surface area contributed by atoms with E-state index < -0.39 is 0 Å². The number of rotatable bonds is 5. The molecule has 7 heteroatoms. The van der Waals surface area contributed by atoms with E-state index in [0.717, 1.165) is 11.1 Å². The molecule has 2 heterocycles. The van der Waals surface area contributed by atoms with E-state index in [2.05, 4.69) is 20.4 Å². The molecule has 4 rings (SSSR count). The van der Waals surface area contributed by atoms with Crippen molar-refractivity contribution in [3.63, 3.8) is 0 Å². The van der Waals surface area contributed by atoms with Gasteiger partial charge in [-0.05, 0) is 42.0 Å². The van der Waals surface area contributed by atoms with Crippen LogP contribution < -0.4 is 11.1 Å². The van der Waals surface area contributed by atoms with Crippen molar-refractivity contribution in [2.24, 2.45) is 0 Å². The SMILES string of the molecule is Nc1ccccc1NC(=O)c1ccc(Cc2noc(-c3ccncc3)n2)cc1. The maximum Gasteiger partial charge on any atom is 0.258 e. The van der Waals surface area contributed by atoms with E-state index in [1.807, 2.05) is 36.4 Å². The predicted octanol–water partition coefficient (Wildman–Crippen LogP) is 3.56. The van der Waals surface area contributed by atoms with E-state index in [0.29, 0.717) is 35.1 Å². The largest absolute Gasteiger partial charge is 0.397 e. The molecule has 138 valence electrons. The molecular formula is C21H17N5O2. The summed E-state index contributed by atoms with van der Waals surface area (Å²) in [6, 6.07) is 18.0. The summed E-state index contributed by atoms with van der Waals surface area (Å²) < 4.78 is 5.30. The number of benzene rings is 2. The summed E-state index contributed by atoms with van der Waals surface area (Å²) in [6.45, 7) is 0. The van der Waals surface area contributed by atoms with Gasteiger partial charge in [-0.25, -0.2) is 0 Å². The van der Waals surface area contributed by atoms with Crippen molar-refractivity contribution in [2.45, 2.75) is 6.42 Å². The Morgan fingerprint density at radius 1 is 1.00 bits per heavy atom. The van der Waals surface area contributed by atoms with E-state index in [1.165, 1.54) is 0 Å². The molecule has 7 nitrogen and oxygen atoms in total. The van der Waals surface area contributed by atoms with Crippen molar-refractivity contribution in [1.82, 2.24) is 15.1 Å². The maximum atomic E-state index is 12.4. The van der Waals surface area contributed by atoms with Crippen molar-refractivity contribution in [1.29, 1.82) is 0 Å². The third kappa shape index (κ3) is 3.88. The van der Waals surface area contributed by atoms with Crippen LogP contribution in [0, 0.1) is 0 Å². The molecule has 0 spiro atoms. The third-order valence-electron chi connectivity index (χ3n) is 4.18. The molecule has 0 fully saturated rings. The number of anilines is 2. The summed E-state index contributed by atoms with van der Waals surface area (Å²) in [5.74, 6) is 0.805. The highest BCUT2D eigenvalue weighted by Gasteiger charge is 2.11. The van der Waals surface area contributed by atoms with Crippen LogP contribution in [0.1, 0.15) is 21.7 Å². The van der Waals surface area contributed by atoms with Gasteiger partial charge in [0.2, 0.25) is 0 Å². The quantitative estimate of drug-likeness (QED) is 0.520. The number of nitrogens with zero attached hydrogens (tertiary/aromatic N) is 3. The summed E-state index contributed by atoms with van der Waals surface area (Å²) in [7, 11) is 0. The number of aromatic nitrogens is 3. The molecule has 0 aliphatic rings. The fourth-order valence-electron chi connectivity index (χ4n) is 2.70. The molecule has 0 aliphatic heterocycles. The number of hydrogen-bond donors (Lipinski definition) is 2. The van der Waals surface area contributed by atoms with Crippen LogP contribution >= 0.6 is 0 Å². The van der Waals surface area contributed by atoms with Crippen molar-refractivity contribution in [2.75, 3.05) is 11.1 Å². The van der Waals surface area contributed by atoms with Gasteiger partial charge in [0.15, 0.2) is 5.82 Å². The topological polar surface area (TPSA) is 107 Å². The number of carbonyl (C=O) groups excluding carboxylic acids is 1. The molecule has 0 aliphatic carbocycles. The first-order valence-electron chi connectivity index (χ1n) is 8.67. The Morgan fingerprint density at radius 2 is 1.75 bits per heavy atom. The van der Waals surface area contributed by atoms with Crippen molar-refractivity contribution in [3.05, 3.63) is 90.0 Å². The van der Waals surface area contributed by atoms with Gasteiger partial charge in [0.05, 0.1) is 11.4 Å². The molecule has 0 bridgehead atoms. The molecule has 0 unspecified atom stereocenters. The highest BCUT2D eigenvalue weighted by molar-refractivity contribution is 6.05. The Labute approximate surface area is 161 Å². The summed E-state index contributed by atoms with van der Waals surface area (Å²) >= 11 is 0. The molecular weight excluding hydrogens is 354 g/mol. The zero-order valence-electron chi connectivity index (χ0n) is 14.9. The highest BCUT2D eigenvalue weighted by Crippen LogP contribution is 2.19. The van der Waals surface area contributed by atoms with E-state index in [-0.39, 0.29) is 5.91 Å². The summed E-state index contributed by atoms with van der Waals surface area (Å²) in [6.07, 6.45) is 3.85. The van der Waals surface area contributed by atoms with Crippen molar-refractivity contribution >= 4 is 17.3 Å². The maximum absolute atomic E-state index is 12.4. The van der Waals surface area contributed by atoms with Gasteiger partial charge in [-0.15, -0.1) is 0 Å². The molecule has 1 amide bonds. The molecule has 0 saturated carbocycles. The number of para-hydroxylation sites is 2. The number of nitrogen functional groups attached to an aromatic ring is 1. The monoisotopic (exact) mass is 371 g/mol. The van der Waals surface area contributed by atoms with Gasteiger partial charge >= 0.3 is 0 Å². The van der Waals surface area contributed by atoms with E-state index >= 15 is 0 Å². The van der Waals surface area contributed by atoms with Crippen LogP contribution in [0.25, 0.3) is 11.5 Å². The lowest BCUT2D eigenvalue weighted by Gasteiger charge is -2.08. The molecule has 2 aromatic carbocycles. The first-order valence-corrected chi connectivity index (χ1v) is 8.67. The van der Waals surface area contributed by atoms with Crippen LogP contribution in [-0.4, -0.2) is 21.0 Å². The van der Waals surface area contributed by atoms with Gasteiger partial charge in [0, 0.05) is 29.9 Å². The van der Waals surface area contributed by atoms with E-state index in [4.69, 9.17) is 10.3 Å². The van der Waals surface area contributed by atoms with Crippen LogP contribution in [0.4, 0.5) is 11.4 Å². The van der Waals surface area contributed by atoms with Crippen molar-refractivity contribution in [3.8, 4) is 11.5 Å². The Bertz CT molecular complexity index is 1090. The second-order valence-electron chi connectivity index (χ2n) is 6.17. The van der Waals surface area contributed by atoms with Gasteiger partial charge in [-0.1, -0.05) is 29.4 Å². The average Bonchev–Trinajstić information content (AvgIpc) is 3.19. The Kier molecular flexibility index (Phi) is 4.79. The van der Waals surface area contributed by atoms with Gasteiger partial charge in [0.1, 0.15) is 0 Å². The Morgan fingerprint density at radius 3 is 2.50 bits per heavy atom. The minimum Gasteiger partial charge on any atom is -0.397 e. The van der Waals surface area contributed by atoms with Crippen LogP contribution in [0.3, 0.4) is 0 Å². The fraction of sp³-hybridized carbons (Fsp3) is 0.0476. The van der Waals surface area contributed by atoms with Gasteiger partial charge < -0.3 is 15.6 Å². The smallest absolute Gasteiger partial charge is 0.258 e. The van der Waals surface area contributed by atoms with Crippen LogP contribution in [0.15, 0.2) is 77.6 Å². The lowest BCUT2D eigenvalue weighted by atomic mass is 10.1. The first kappa shape index (κ1) is 17.4. The number of pyridine rings is 1. The fourth-order valence-corrected chi connectivity index (χ4v) is 2.70. The molecule has 3 N–H and O–H groups in total. The summed E-state index contributed by atoms with van der Waals surface area (Å²) in [5.41, 5.74) is 9.30. The van der Waals surface area contributed by atoms with Crippen molar-refractivity contribution < 1.29 is 9.32 Å². The standard InChI is InChI=1S/C21H17N5O2/c22-17-3-1-2-4-18(17)24-20(27)15-7-5-14(6-8-15)13-19-25-21(28-26-19)16-9-11-23-12-10-16/h1-12H,13,22H2,(H,24,27). The van der Waals surface area contributed by atoms with Gasteiger partial charge in [-0.2, -0.15) is 4.98 Å². The molecule has 0 atom stereocenters. The van der Waals surface area contributed by atoms with Crippen LogP contribution in [-0.2, 0) is 6.42 Å². The zero-order chi connectivity index (χ0) is 19.3. The number of carbonyl (C=O) groups is 1. The first-order chi connectivity index (χ1) is 13.7. The number of hydrogen-bond acceptors (Lipinski definition) is 6. The minimum atomic E-state index is -0.219. The Balaban J connectivity index is 1.43. The summed E-state index contributed by atoms with van der Waals surface area (Å²) in [5, 5.41) is 6.82.